The molecule has 2 aromatic carbocycles. The number of para-hydroxylation sites is 1. The molecule has 10 nitrogen and oxygen atoms in total. The topological polar surface area (TPSA) is 98.3 Å². The predicted molar refractivity (Wildman–Crippen MR) is 171 cm³/mol. The Balaban J connectivity index is 1.24. The van der Waals surface area contributed by atoms with Gasteiger partial charge in [0.25, 0.3) is 0 Å². The molecule has 216 valence electrons. The molecule has 4 heterocycles. The largest absolute Gasteiger partial charge is 0.361 e. The van der Waals surface area contributed by atoms with Crippen molar-refractivity contribution in [2.24, 2.45) is 0 Å². The second-order valence-electron chi connectivity index (χ2n) is 12.1. The van der Waals surface area contributed by atoms with Crippen LogP contribution in [0.25, 0.3) is 38.8 Å². The summed E-state index contributed by atoms with van der Waals surface area (Å²) in [7, 11) is 3.05. The van der Waals surface area contributed by atoms with Crippen molar-refractivity contribution in [3.8, 4) is 11.3 Å². The van der Waals surface area contributed by atoms with Gasteiger partial charge in [-0.25, -0.2) is 9.50 Å². The van der Waals surface area contributed by atoms with E-state index in [-0.39, 0.29) is 0 Å². The van der Waals surface area contributed by atoms with E-state index in [4.69, 9.17) is 14.8 Å². The molecule has 0 radical (unpaired) electrons. The molecule has 0 spiro atoms. The Morgan fingerprint density at radius 2 is 1.81 bits per heavy atom. The van der Waals surface area contributed by atoms with Crippen molar-refractivity contribution in [1.29, 1.82) is 0 Å². The summed E-state index contributed by atoms with van der Waals surface area (Å²) in [6.45, 7) is 9.18. The van der Waals surface area contributed by atoms with Gasteiger partial charge in [-0.1, -0.05) is 43.9 Å². The molecule has 4 aromatic heterocycles. The molecule has 0 aliphatic rings. The number of imidazole rings is 1. The fourth-order valence-corrected chi connectivity index (χ4v) is 6.27. The van der Waals surface area contributed by atoms with Crippen LogP contribution in [0.15, 0.2) is 67.1 Å². The summed E-state index contributed by atoms with van der Waals surface area (Å²) in [5, 5.41) is 9.18. The lowest BCUT2D eigenvalue weighted by atomic mass is 10.1. The Hall–Kier alpha value is -4.19. The van der Waals surface area contributed by atoms with Crippen LogP contribution in [0.4, 0.5) is 11.6 Å². The van der Waals surface area contributed by atoms with Crippen LogP contribution in [0.1, 0.15) is 12.2 Å². The van der Waals surface area contributed by atoms with Crippen molar-refractivity contribution < 1.29 is 4.74 Å². The van der Waals surface area contributed by atoms with Crippen molar-refractivity contribution in [3.05, 3.63) is 72.9 Å². The van der Waals surface area contributed by atoms with Crippen molar-refractivity contribution >= 4 is 47.3 Å². The van der Waals surface area contributed by atoms with Crippen molar-refractivity contribution in [2.75, 3.05) is 26.0 Å². The lowest BCUT2D eigenvalue weighted by Gasteiger charge is -2.16. The molecule has 1 N–H and O–H groups in total. The number of nitrogens with one attached hydrogen (secondary N) is 1. The minimum Gasteiger partial charge on any atom is -0.361 e. The number of rotatable bonds is 11. The van der Waals surface area contributed by atoms with Crippen LogP contribution in [0.3, 0.4) is 0 Å². The number of nitrogens with zero attached hydrogens (tertiary/aromatic N) is 8. The van der Waals surface area contributed by atoms with Crippen LogP contribution in [0.5, 0.6) is 0 Å². The van der Waals surface area contributed by atoms with Crippen LogP contribution in [-0.4, -0.2) is 67.8 Å². The Morgan fingerprint density at radius 1 is 0.952 bits per heavy atom. The summed E-state index contributed by atoms with van der Waals surface area (Å²) in [5.41, 5.74) is 6.13. The molecule has 42 heavy (non-hydrogen) atoms. The molecule has 0 atom stereocenters. The first kappa shape index (κ1) is 28.0. The van der Waals surface area contributed by atoms with E-state index in [1.165, 1.54) is 6.04 Å². The van der Waals surface area contributed by atoms with Gasteiger partial charge in [0.05, 0.1) is 41.2 Å². The third-order valence-electron chi connectivity index (χ3n) is 7.11. The molecular formula is C31H37N9OSi. The number of benzene rings is 2. The summed E-state index contributed by atoms with van der Waals surface area (Å²) >= 11 is 0. The first-order chi connectivity index (χ1) is 20.2. The number of pyridine rings is 1. The third-order valence-corrected chi connectivity index (χ3v) is 8.96. The normalized spacial score (nSPS) is 12.2. The van der Waals surface area contributed by atoms with Gasteiger partial charge in [0.2, 0.25) is 5.95 Å². The molecule has 0 bridgehead atoms. The lowest BCUT2D eigenvalue weighted by molar-refractivity contribution is 0.0769. The van der Waals surface area contributed by atoms with Gasteiger partial charge in [-0.2, -0.15) is 4.98 Å². The smallest absolute Gasteiger partial charge is 0.247 e. The van der Waals surface area contributed by atoms with Gasteiger partial charge in [-0.05, 0) is 50.8 Å². The first-order valence-electron chi connectivity index (χ1n) is 14.3. The highest BCUT2D eigenvalue weighted by atomic mass is 28.3. The molecule has 11 heteroatoms. The van der Waals surface area contributed by atoms with E-state index < -0.39 is 8.07 Å². The summed E-state index contributed by atoms with van der Waals surface area (Å²) in [6.07, 6.45) is 6.44. The standard InChI is InChI=1S/C31H37N9OSi/c1-38(2)20-30-35-26-16-24(11-12-27(26)39(30)21-41-13-8-14-42(3,4)5)34-31-36-29-19-32-18-28(40(29)37-31)23-15-22-9-6-7-10-25(22)33-17-23/h6-7,9-12,15-19H,8,13-14,20-21H2,1-5H3,(H,34,37). The zero-order chi connectivity index (χ0) is 29.3. The van der Waals surface area contributed by atoms with Gasteiger partial charge in [-0.3, -0.25) is 9.97 Å². The van der Waals surface area contributed by atoms with Gasteiger partial charge < -0.3 is 19.5 Å². The maximum absolute atomic E-state index is 6.11. The Bertz CT molecular complexity index is 1850. The molecule has 0 amide bonds. The van der Waals surface area contributed by atoms with E-state index in [1.54, 1.807) is 16.9 Å². The zero-order valence-corrected chi connectivity index (χ0v) is 25.9. The maximum atomic E-state index is 6.11. The van der Waals surface area contributed by atoms with E-state index >= 15 is 0 Å². The molecular weight excluding hydrogens is 542 g/mol. The van der Waals surface area contributed by atoms with E-state index in [9.17, 15) is 0 Å². The van der Waals surface area contributed by atoms with Gasteiger partial charge in [0.1, 0.15) is 12.6 Å². The Kier molecular flexibility index (Phi) is 7.71. The minimum atomic E-state index is -1.06. The quantitative estimate of drug-likeness (QED) is 0.143. The van der Waals surface area contributed by atoms with E-state index in [1.807, 2.05) is 36.5 Å². The first-order valence-corrected chi connectivity index (χ1v) is 18.0. The molecule has 0 saturated heterocycles. The third kappa shape index (κ3) is 6.18. The number of aromatic nitrogens is 7. The highest BCUT2D eigenvalue weighted by molar-refractivity contribution is 6.76. The van der Waals surface area contributed by atoms with Crippen LogP contribution < -0.4 is 5.32 Å². The lowest BCUT2D eigenvalue weighted by Crippen LogP contribution is -2.20. The van der Waals surface area contributed by atoms with Gasteiger partial charge >= 0.3 is 0 Å². The van der Waals surface area contributed by atoms with Crippen LogP contribution in [0, 0.1) is 0 Å². The maximum Gasteiger partial charge on any atom is 0.247 e. The fourth-order valence-electron chi connectivity index (χ4n) is 5.07. The highest BCUT2D eigenvalue weighted by Crippen LogP contribution is 2.26. The van der Waals surface area contributed by atoms with Gasteiger partial charge in [0, 0.05) is 37.5 Å². The Labute approximate surface area is 246 Å². The monoisotopic (exact) mass is 579 g/mol. The number of fused-ring (bicyclic) bond motifs is 3. The molecule has 0 saturated carbocycles. The second-order valence-corrected chi connectivity index (χ2v) is 17.8. The van der Waals surface area contributed by atoms with E-state index in [2.05, 4.69) is 81.7 Å². The van der Waals surface area contributed by atoms with Gasteiger partial charge in [-0.15, -0.1) is 5.10 Å². The molecule has 0 aliphatic heterocycles. The fraction of sp³-hybridized carbons (Fsp3) is 0.323. The molecule has 0 unspecified atom stereocenters. The predicted octanol–water partition coefficient (Wildman–Crippen LogP) is 6.20. The molecule has 0 aliphatic carbocycles. The zero-order valence-electron chi connectivity index (χ0n) is 24.9. The van der Waals surface area contributed by atoms with E-state index in [0.717, 1.165) is 64.3 Å². The second kappa shape index (κ2) is 11.6. The average Bonchev–Trinajstić information content (AvgIpc) is 3.51. The number of hydrogen-bond donors (Lipinski definition) is 1. The molecule has 6 aromatic rings. The van der Waals surface area contributed by atoms with Crippen molar-refractivity contribution in [3.63, 3.8) is 0 Å². The minimum absolute atomic E-state index is 0.482. The van der Waals surface area contributed by atoms with Gasteiger partial charge in [0.15, 0.2) is 5.65 Å². The molecule has 0 fully saturated rings. The van der Waals surface area contributed by atoms with Crippen LogP contribution in [0.2, 0.25) is 25.7 Å². The number of ether oxygens (including phenoxy) is 1. The van der Waals surface area contributed by atoms with Crippen molar-refractivity contribution in [2.45, 2.75) is 45.4 Å². The van der Waals surface area contributed by atoms with Crippen LogP contribution >= 0.6 is 0 Å². The SMILES string of the molecule is CN(C)Cc1nc2cc(Nc3nc4cncc(-c5cnc6ccccc6c5)n4n3)ccc2n1COCCC[Si](C)(C)C. The number of anilines is 2. The molecule has 6 rings (SSSR count). The summed E-state index contributed by atoms with van der Waals surface area (Å²) in [4.78, 5) is 20.8. The van der Waals surface area contributed by atoms with Crippen molar-refractivity contribution in [1.82, 2.24) is 39.0 Å². The van der Waals surface area contributed by atoms with E-state index in [0.29, 0.717) is 18.3 Å². The highest BCUT2D eigenvalue weighted by Gasteiger charge is 2.16. The Morgan fingerprint density at radius 3 is 2.64 bits per heavy atom. The summed E-state index contributed by atoms with van der Waals surface area (Å²) < 4.78 is 10.1. The number of hydrogen-bond acceptors (Lipinski definition) is 8. The van der Waals surface area contributed by atoms with Crippen LogP contribution in [-0.2, 0) is 18.0 Å². The average molecular weight is 580 g/mol. The summed E-state index contributed by atoms with van der Waals surface area (Å²) in [6, 6.07) is 17.6. The summed E-state index contributed by atoms with van der Waals surface area (Å²) in [5.74, 6) is 1.46.